The predicted molar refractivity (Wildman–Crippen MR) is 77.0 cm³/mol. The monoisotopic (exact) mass is 298 g/mol. The molecule has 1 atom stereocenters. The van der Waals surface area contributed by atoms with E-state index >= 15 is 0 Å². The van der Waals surface area contributed by atoms with E-state index in [1.165, 1.54) is 18.4 Å². The van der Waals surface area contributed by atoms with Crippen LogP contribution in [0.15, 0.2) is 22.9 Å². The lowest BCUT2D eigenvalue weighted by Crippen LogP contribution is -2.28. The summed E-state index contributed by atoms with van der Waals surface area (Å²) in [6.45, 7) is 7.80. The first-order valence-electron chi connectivity index (χ1n) is 6.56. The minimum atomic E-state index is 0.426. The molecule has 2 nitrogen and oxygen atoms in total. The lowest BCUT2D eigenvalue weighted by atomic mass is 9.89. The second-order valence-corrected chi connectivity index (χ2v) is 5.36. The summed E-state index contributed by atoms with van der Waals surface area (Å²) in [6.07, 6.45) is 7.39. The molecule has 0 aliphatic rings. The molecule has 0 aliphatic carbocycles. The van der Waals surface area contributed by atoms with Crippen LogP contribution in [0.2, 0.25) is 0 Å². The zero-order chi connectivity index (χ0) is 12.7. The molecule has 0 saturated heterocycles. The topological polar surface area (TPSA) is 24.9 Å². The normalized spacial score (nSPS) is 13.0. The summed E-state index contributed by atoms with van der Waals surface area (Å²) in [4.78, 5) is 4.28. The quantitative estimate of drug-likeness (QED) is 0.811. The van der Waals surface area contributed by atoms with Crippen molar-refractivity contribution in [2.45, 2.75) is 46.1 Å². The van der Waals surface area contributed by atoms with E-state index in [0.717, 1.165) is 17.4 Å². The van der Waals surface area contributed by atoms with Gasteiger partial charge < -0.3 is 5.32 Å². The van der Waals surface area contributed by atoms with Crippen molar-refractivity contribution in [1.82, 2.24) is 10.3 Å². The highest BCUT2D eigenvalue weighted by Gasteiger charge is 2.19. The number of aromatic nitrogens is 1. The standard InChI is InChI=1S/C14H23BrN2/c1-4-7-17-14(11(5-2)6-3)12-8-13(15)10-16-9-12/h8-11,14,17H,4-7H2,1-3H3. The molecule has 96 valence electrons. The van der Waals surface area contributed by atoms with Gasteiger partial charge >= 0.3 is 0 Å². The number of hydrogen-bond acceptors (Lipinski definition) is 2. The number of halogens is 1. The fourth-order valence-electron chi connectivity index (χ4n) is 2.21. The van der Waals surface area contributed by atoms with Crippen molar-refractivity contribution in [3.8, 4) is 0 Å². The average Bonchev–Trinajstić information content (AvgIpc) is 2.34. The van der Waals surface area contributed by atoms with Gasteiger partial charge in [0.05, 0.1) is 0 Å². The largest absolute Gasteiger partial charge is 0.310 e. The molecule has 0 aromatic carbocycles. The highest BCUT2D eigenvalue weighted by Crippen LogP contribution is 2.28. The maximum absolute atomic E-state index is 4.28. The summed E-state index contributed by atoms with van der Waals surface area (Å²) in [7, 11) is 0. The van der Waals surface area contributed by atoms with Gasteiger partial charge in [-0.3, -0.25) is 4.98 Å². The molecule has 1 heterocycles. The van der Waals surface area contributed by atoms with Crippen LogP contribution in [0.1, 0.15) is 51.6 Å². The third kappa shape index (κ3) is 4.40. The lowest BCUT2D eigenvalue weighted by molar-refractivity contribution is 0.341. The van der Waals surface area contributed by atoms with E-state index in [0.29, 0.717) is 12.0 Å². The van der Waals surface area contributed by atoms with Crippen molar-refractivity contribution in [1.29, 1.82) is 0 Å². The molecule has 1 aromatic heterocycles. The Bertz CT molecular complexity index is 324. The highest BCUT2D eigenvalue weighted by atomic mass is 79.9. The van der Waals surface area contributed by atoms with Crippen molar-refractivity contribution in [2.75, 3.05) is 6.54 Å². The van der Waals surface area contributed by atoms with Crippen LogP contribution in [-0.4, -0.2) is 11.5 Å². The van der Waals surface area contributed by atoms with Crippen molar-refractivity contribution in [3.63, 3.8) is 0 Å². The van der Waals surface area contributed by atoms with E-state index in [1.54, 1.807) is 0 Å². The molecular weight excluding hydrogens is 276 g/mol. The van der Waals surface area contributed by atoms with Gasteiger partial charge in [-0.2, -0.15) is 0 Å². The van der Waals surface area contributed by atoms with Crippen LogP contribution < -0.4 is 5.32 Å². The summed E-state index contributed by atoms with van der Waals surface area (Å²) in [5.41, 5.74) is 1.29. The molecule has 1 N–H and O–H groups in total. The Kier molecular flexibility index (Phi) is 6.75. The van der Waals surface area contributed by atoms with E-state index < -0.39 is 0 Å². The molecule has 0 amide bonds. The number of hydrogen-bond donors (Lipinski definition) is 1. The van der Waals surface area contributed by atoms with Crippen LogP contribution in [0.4, 0.5) is 0 Å². The summed E-state index contributed by atoms with van der Waals surface area (Å²) in [5.74, 6) is 0.678. The van der Waals surface area contributed by atoms with E-state index in [9.17, 15) is 0 Å². The van der Waals surface area contributed by atoms with Gasteiger partial charge in [0.2, 0.25) is 0 Å². The maximum Gasteiger partial charge on any atom is 0.0410 e. The molecule has 17 heavy (non-hydrogen) atoms. The van der Waals surface area contributed by atoms with Crippen molar-refractivity contribution >= 4 is 15.9 Å². The van der Waals surface area contributed by atoms with Crippen LogP contribution in [-0.2, 0) is 0 Å². The first-order chi connectivity index (χ1) is 8.22. The second kappa shape index (κ2) is 7.83. The Balaban J connectivity index is 2.88. The van der Waals surface area contributed by atoms with Crippen LogP contribution in [0.5, 0.6) is 0 Å². The third-order valence-electron chi connectivity index (χ3n) is 3.22. The first kappa shape index (κ1) is 14.7. The highest BCUT2D eigenvalue weighted by molar-refractivity contribution is 9.10. The number of nitrogens with zero attached hydrogens (tertiary/aromatic N) is 1. The Labute approximate surface area is 113 Å². The number of pyridine rings is 1. The second-order valence-electron chi connectivity index (χ2n) is 4.44. The zero-order valence-corrected chi connectivity index (χ0v) is 12.6. The Morgan fingerprint density at radius 2 is 1.94 bits per heavy atom. The fourth-order valence-corrected chi connectivity index (χ4v) is 2.60. The van der Waals surface area contributed by atoms with Crippen LogP contribution in [0.3, 0.4) is 0 Å². The van der Waals surface area contributed by atoms with Crippen molar-refractivity contribution in [3.05, 3.63) is 28.5 Å². The van der Waals surface area contributed by atoms with E-state index in [2.05, 4.69) is 53.1 Å². The number of rotatable bonds is 7. The van der Waals surface area contributed by atoms with E-state index in [1.807, 2.05) is 12.4 Å². The van der Waals surface area contributed by atoms with Crippen LogP contribution in [0, 0.1) is 5.92 Å². The van der Waals surface area contributed by atoms with E-state index in [-0.39, 0.29) is 0 Å². The summed E-state index contributed by atoms with van der Waals surface area (Å²) in [6, 6.07) is 2.61. The van der Waals surface area contributed by atoms with Crippen molar-refractivity contribution in [2.24, 2.45) is 5.92 Å². The Hall–Kier alpha value is -0.410. The van der Waals surface area contributed by atoms with Crippen LogP contribution >= 0.6 is 15.9 Å². The molecule has 1 aromatic rings. The maximum atomic E-state index is 4.28. The van der Waals surface area contributed by atoms with Gasteiger partial charge in [-0.25, -0.2) is 0 Å². The Morgan fingerprint density at radius 3 is 2.47 bits per heavy atom. The average molecular weight is 299 g/mol. The Morgan fingerprint density at radius 1 is 1.24 bits per heavy atom. The minimum absolute atomic E-state index is 0.426. The summed E-state index contributed by atoms with van der Waals surface area (Å²) in [5, 5.41) is 3.65. The minimum Gasteiger partial charge on any atom is -0.310 e. The van der Waals surface area contributed by atoms with Gasteiger partial charge in [0.25, 0.3) is 0 Å². The molecule has 0 radical (unpaired) electrons. The predicted octanol–water partition coefficient (Wildman–Crippen LogP) is 4.32. The van der Waals surface area contributed by atoms with Gasteiger partial charge in [-0.1, -0.05) is 33.6 Å². The zero-order valence-electron chi connectivity index (χ0n) is 11.0. The van der Waals surface area contributed by atoms with E-state index in [4.69, 9.17) is 0 Å². The molecular formula is C14H23BrN2. The van der Waals surface area contributed by atoms with Gasteiger partial charge in [0, 0.05) is 22.9 Å². The number of nitrogens with one attached hydrogen (secondary N) is 1. The first-order valence-corrected chi connectivity index (χ1v) is 7.36. The molecule has 1 unspecified atom stereocenters. The molecule has 0 fully saturated rings. The SMILES string of the molecule is CCCNC(c1cncc(Br)c1)C(CC)CC. The molecule has 0 aliphatic heterocycles. The molecule has 0 bridgehead atoms. The van der Waals surface area contributed by atoms with Crippen LogP contribution in [0.25, 0.3) is 0 Å². The molecule has 3 heteroatoms. The molecule has 0 spiro atoms. The van der Waals surface area contributed by atoms with Gasteiger partial charge in [0.1, 0.15) is 0 Å². The summed E-state index contributed by atoms with van der Waals surface area (Å²) < 4.78 is 1.06. The fraction of sp³-hybridized carbons (Fsp3) is 0.643. The van der Waals surface area contributed by atoms with Gasteiger partial charge in [-0.15, -0.1) is 0 Å². The smallest absolute Gasteiger partial charge is 0.0410 e. The van der Waals surface area contributed by atoms with Gasteiger partial charge in [-0.05, 0) is 46.4 Å². The van der Waals surface area contributed by atoms with Crippen molar-refractivity contribution < 1.29 is 0 Å². The molecule has 0 saturated carbocycles. The van der Waals surface area contributed by atoms with Gasteiger partial charge in [0.15, 0.2) is 0 Å². The third-order valence-corrected chi connectivity index (χ3v) is 3.65. The summed E-state index contributed by atoms with van der Waals surface area (Å²) >= 11 is 3.50. The lowest BCUT2D eigenvalue weighted by Gasteiger charge is -2.26. The molecule has 1 rings (SSSR count).